The van der Waals surface area contributed by atoms with E-state index in [4.69, 9.17) is 4.74 Å². The van der Waals surface area contributed by atoms with Crippen LogP contribution in [0.5, 0.6) is 0 Å². The molecule has 1 heterocycles. The van der Waals surface area contributed by atoms with Crippen LogP contribution in [0.15, 0.2) is 22.7 Å². The number of hydrogen-bond donors (Lipinski definition) is 1. The van der Waals surface area contributed by atoms with Crippen LogP contribution in [0.3, 0.4) is 0 Å². The maximum absolute atomic E-state index is 9.59. The van der Waals surface area contributed by atoms with Crippen molar-refractivity contribution in [2.75, 3.05) is 31.7 Å². The first-order valence-electron chi connectivity index (χ1n) is 6.84. The number of hydrogen-bond acceptors (Lipinski definition) is 3. The Kier molecular flexibility index (Phi) is 5.25. The van der Waals surface area contributed by atoms with Crippen molar-refractivity contribution in [1.29, 1.82) is 0 Å². The van der Waals surface area contributed by atoms with Gasteiger partial charge < -0.3 is 14.7 Å². The van der Waals surface area contributed by atoms with Gasteiger partial charge in [0.1, 0.15) is 0 Å². The molecule has 1 N–H and O–H groups in total. The minimum Gasteiger partial charge on any atom is -0.389 e. The van der Waals surface area contributed by atoms with Crippen molar-refractivity contribution in [2.45, 2.75) is 25.9 Å². The van der Waals surface area contributed by atoms with Gasteiger partial charge >= 0.3 is 0 Å². The van der Waals surface area contributed by atoms with E-state index in [1.807, 2.05) is 12.1 Å². The van der Waals surface area contributed by atoms with Crippen molar-refractivity contribution in [3.63, 3.8) is 0 Å². The minimum atomic E-state index is -0.425. The topological polar surface area (TPSA) is 32.7 Å². The summed E-state index contributed by atoms with van der Waals surface area (Å²) in [7, 11) is 2.12. The molecule has 0 unspecified atom stereocenters. The quantitative estimate of drug-likeness (QED) is 0.920. The Labute approximate surface area is 123 Å². The predicted octanol–water partition coefficient (Wildman–Crippen LogP) is 3.37. The molecule has 0 saturated carbocycles. The highest BCUT2D eigenvalue weighted by atomic mass is 79.9. The van der Waals surface area contributed by atoms with Crippen LogP contribution >= 0.6 is 15.9 Å². The zero-order chi connectivity index (χ0) is 13.8. The van der Waals surface area contributed by atoms with Gasteiger partial charge in [0.15, 0.2) is 0 Å². The molecule has 1 aromatic rings. The largest absolute Gasteiger partial charge is 0.389 e. The van der Waals surface area contributed by atoms with Gasteiger partial charge in [0.2, 0.25) is 0 Å². The Bertz CT molecular complexity index is 417. The van der Waals surface area contributed by atoms with Gasteiger partial charge in [0, 0.05) is 31.3 Å². The standard InChI is InChI=1S/C15H22BrNO2/c1-11(18)13-3-4-15(14(16)9-13)17(2)10-12-5-7-19-8-6-12/h3-4,9,11-12,18H,5-8,10H2,1-2H3/t11-/m0/s1. The molecule has 106 valence electrons. The SMILES string of the molecule is C[C@H](O)c1ccc(N(C)CC2CCOCC2)c(Br)c1. The molecular weight excluding hydrogens is 306 g/mol. The van der Waals surface area contributed by atoms with Gasteiger partial charge in [-0.25, -0.2) is 0 Å². The van der Waals surface area contributed by atoms with E-state index in [0.29, 0.717) is 5.92 Å². The molecular formula is C15H22BrNO2. The number of aliphatic hydroxyl groups excluding tert-OH is 1. The Morgan fingerprint density at radius 3 is 2.68 bits per heavy atom. The number of rotatable bonds is 4. The summed E-state index contributed by atoms with van der Waals surface area (Å²) in [5.74, 6) is 0.710. The molecule has 1 aliphatic heterocycles. The first-order valence-corrected chi connectivity index (χ1v) is 7.63. The highest BCUT2D eigenvalue weighted by Crippen LogP contribution is 2.30. The summed E-state index contributed by atoms with van der Waals surface area (Å²) in [5, 5.41) is 9.59. The monoisotopic (exact) mass is 327 g/mol. The predicted molar refractivity (Wildman–Crippen MR) is 81.6 cm³/mol. The van der Waals surface area contributed by atoms with E-state index >= 15 is 0 Å². The van der Waals surface area contributed by atoms with Gasteiger partial charge in [-0.1, -0.05) is 6.07 Å². The maximum atomic E-state index is 9.59. The lowest BCUT2D eigenvalue weighted by molar-refractivity contribution is 0.0685. The number of aliphatic hydroxyl groups is 1. The molecule has 1 aromatic carbocycles. The van der Waals surface area contributed by atoms with Gasteiger partial charge in [-0.3, -0.25) is 0 Å². The normalized spacial score (nSPS) is 18.3. The zero-order valence-corrected chi connectivity index (χ0v) is 13.2. The summed E-state index contributed by atoms with van der Waals surface area (Å²) in [4.78, 5) is 2.28. The van der Waals surface area contributed by atoms with E-state index in [1.165, 1.54) is 5.69 Å². The van der Waals surface area contributed by atoms with Crippen LogP contribution in [0.1, 0.15) is 31.4 Å². The van der Waals surface area contributed by atoms with Crippen molar-refractivity contribution in [1.82, 2.24) is 0 Å². The average molecular weight is 328 g/mol. The van der Waals surface area contributed by atoms with Crippen molar-refractivity contribution in [3.05, 3.63) is 28.2 Å². The lowest BCUT2D eigenvalue weighted by Crippen LogP contribution is -2.29. The molecule has 2 rings (SSSR count). The number of nitrogens with zero attached hydrogens (tertiary/aromatic N) is 1. The van der Waals surface area contributed by atoms with Crippen LogP contribution in [0.4, 0.5) is 5.69 Å². The van der Waals surface area contributed by atoms with Crippen molar-refractivity contribution in [3.8, 4) is 0 Å². The lowest BCUT2D eigenvalue weighted by atomic mass is 9.99. The number of ether oxygens (including phenoxy) is 1. The van der Waals surface area contributed by atoms with Gasteiger partial charge in [-0.15, -0.1) is 0 Å². The molecule has 0 amide bonds. The van der Waals surface area contributed by atoms with E-state index in [9.17, 15) is 5.11 Å². The summed E-state index contributed by atoms with van der Waals surface area (Å²) in [6.45, 7) is 4.62. The van der Waals surface area contributed by atoms with E-state index in [2.05, 4.69) is 33.9 Å². The Balaban J connectivity index is 2.03. The number of halogens is 1. The number of benzene rings is 1. The second kappa shape index (κ2) is 6.73. The van der Waals surface area contributed by atoms with E-state index in [-0.39, 0.29) is 0 Å². The summed E-state index contributed by atoms with van der Waals surface area (Å²) >= 11 is 3.60. The molecule has 1 fully saturated rings. The van der Waals surface area contributed by atoms with Crippen LogP contribution in [-0.2, 0) is 4.74 Å². The van der Waals surface area contributed by atoms with Crippen LogP contribution < -0.4 is 4.90 Å². The van der Waals surface area contributed by atoms with Crippen molar-refractivity contribution >= 4 is 21.6 Å². The average Bonchev–Trinajstić information content (AvgIpc) is 2.39. The molecule has 19 heavy (non-hydrogen) atoms. The van der Waals surface area contributed by atoms with E-state index < -0.39 is 6.10 Å². The Hall–Kier alpha value is -0.580. The summed E-state index contributed by atoms with van der Waals surface area (Å²) in [6.07, 6.45) is 1.87. The van der Waals surface area contributed by atoms with Crippen molar-refractivity contribution < 1.29 is 9.84 Å². The molecule has 4 heteroatoms. The van der Waals surface area contributed by atoms with Gasteiger partial charge in [0.05, 0.1) is 11.8 Å². The van der Waals surface area contributed by atoms with Crippen LogP contribution in [-0.4, -0.2) is 31.9 Å². The highest BCUT2D eigenvalue weighted by Gasteiger charge is 2.17. The molecule has 1 atom stereocenters. The third-order valence-corrected chi connectivity index (χ3v) is 4.37. The first kappa shape index (κ1) is 14.8. The summed E-state index contributed by atoms with van der Waals surface area (Å²) in [5.41, 5.74) is 2.12. The van der Waals surface area contributed by atoms with Crippen LogP contribution in [0.25, 0.3) is 0 Å². The minimum absolute atomic E-state index is 0.425. The second-order valence-corrected chi connectivity index (χ2v) is 6.18. The fraction of sp³-hybridized carbons (Fsp3) is 0.600. The van der Waals surface area contributed by atoms with E-state index in [0.717, 1.165) is 42.6 Å². The summed E-state index contributed by atoms with van der Waals surface area (Å²) < 4.78 is 6.44. The molecule has 0 radical (unpaired) electrons. The fourth-order valence-corrected chi connectivity index (χ4v) is 3.21. The summed E-state index contributed by atoms with van der Waals surface area (Å²) in [6, 6.07) is 6.07. The molecule has 0 aliphatic carbocycles. The first-order chi connectivity index (χ1) is 9.08. The highest BCUT2D eigenvalue weighted by molar-refractivity contribution is 9.10. The van der Waals surface area contributed by atoms with Crippen LogP contribution in [0.2, 0.25) is 0 Å². The van der Waals surface area contributed by atoms with E-state index in [1.54, 1.807) is 6.92 Å². The molecule has 1 aliphatic rings. The Morgan fingerprint density at radius 2 is 2.11 bits per heavy atom. The molecule has 1 saturated heterocycles. The third-order valence-electron chi connectivity index (χ3n) is 3.74. The van der Waals surface area contributed by atoms with Gasteiger partial charge in [-0.05, 0) is 59.3 Å². The molecule has 3 nitrogen and oxygen atoms in total. The lowest BCUT2D eigenvalue weighted by Gasteiger charge is -2.29. The van der Waals surface area contributed by atoms with Gasteiger partial charge in [-0.2, -0.15) is 0 Å². The molecule has 0 aromatic heterocycles. The Morgan fingerprint density at radius 1 is 1.42 bits per heavy atom. The smallest absolute Gasteiger partial charge is 0.0762 e. The fourth-order valence-electron chi connectivity index (χ4n) is 2.51. The molecule has 0 spiro atoms. The zero-order valence-electron chi connectivity index (χ0n) is 11.6. The second-order valence-electron chi connectivity index (χ2n) is 5.32. The third kappa shape index (κ3) is 3.94. The van der Waals surface area contributed by atoms with Crippen LogP contribution in [0, 0.1) is 5.92 Å². The maximum Gasteiger partial charge on any atom is 0.0762 e. The number of anilines is 1. The molecule has 0 bridgehead atoms. The van der Waals surface area contributed by atoms with Gasteiger partial charge in [0.25, 0.3) is 0 Å². The van der Waals surface area contributed by atoms with Crippen molar-refractivity contribution in [2.24, 2.45) is 5.92 Å².